The van der Waals surface area contributed by atoms with Crippen molar-refractivity contribution in [2.24, 2.45) is 4.99 Å². The van der Waals surface area contributed by atoms with Crippen molar-refractivity contribution in [3.63, 3.8) is 0 Å². The Bertz CT molecular complexity index is 707. The van der Waals surface area contributed by atoms with E-state index in [4.69, 9.17) is 4.74 Å². The maximum Gasteiger partial charge on any atom is 0.261 e. The van der Waals surface area contributed by atoms with Gasteiger partial charge in [-0.05, 0) is 37.8 Å². The van der Waals surface area contributed by atoms with Crippen molar-refractivity contribution in [3.8, 4) is 0 Å². The number of imide groups is 1. The molecule has 0 unspecified atom stereocenters. The molecule has 30 heavy (non-hydrogen) atoms. The number of hydrogen-bond donors (Lipinski definition) is 2. The van der Waals surface area contributed by atoms with Crippen molar-refractivity contribution in [2.45, 2.75) is 57.5 Å². The molecule has 3 rings (SSSR count). The summed E-state index contributed by atoms with van der Waals surface area (Å²) in [4.78, 5) is 30.3. The number of aliphatic imine (C=N–C) groups is 1. The molecular weight excluding hydrogens is 380 g/mol. The van der Waals surface area contributed by atoms with Gasteiger partial charge in [-0.15, -0.1) is 0 Å². The number of carbonyl (C=O) groups excluding carboxylic acids is 2. The number of nitrogens with one attached hydrogen (secondary N) is 2. The second kappa shape index (κ2) is 11.7. The summed E-state index contributed by atoms with van der Waals surface area (Å²) in [5, 5.41) is 6.56. The molecule has 0 radical (unpaired) electrons. The third-order valence-corrected chi connectivity index (χ3v) is 5.75. The molecule has 2 N–H and O–H groups in total. The highest BCUT2D eigenvalue weighted by Gasteiger charge is 2.34. The molecule has 1 fully saturated rings. The molecule has 1 aromatic rings. The van der Waals surface area contributed by atoms with Gasteiger partial charge in [-0.3, -0.25) is 19.5 Å². The van der Waals surface area contributed by atoms with Gasteiger partial charge in [0.05, 0.1) is 23.8 Å². The van der Waals surface area contributed by atoms with Crippen LogP contribution in [0.4, 0.5) is 0 Å². The van der Waals surface area contributed by atoms with Crippen LogP contribution in [0.15, 0.2) is 29.3 Å². The second-order valence-corrected chi connectivity index (χ2v) is 7.92. The molecule has 2 aliphatic rings. The van der Waals surface area contributed by atoms with E-state index in [9.17, 15) is 9.59 Å². The molecular formula is C23H34N4O3. The van der Waals surface area contributed by atoms with Gasteiger partial charge < -0.3 is 15.4 Å². The zero-order chi connectivity index (χ0) is 21.2. The monoisotopic (exact) mass is 414 g/mol. The number of carbonyl (C=O) groups is 2. The van der Waals surface area contributed by atoms with E-state index in [1.165, 1.54) is 43.4 Å². The van der Waals surface area contributed by atoms with Gasteiger partial charge in [-0.2, -0.15) is 0 Å². The predicted octanol–water partition coefficient (Wildman–Crippen LogP) is 2.97. The summed E-state index contributed by atoms with van der Waals surface area (Å²) in [6.45, 7) is 2.58. The highest BCUT2D eigenvalue weighted by Crippen LogP contribution is 2.22. The van der Waals surface area contributed by atoms with Crippen LogP contribution in [0.1, 0.15) is 72.1 Å². The van der Waals surface area contributed by atoms with Crippen LogP contribution in [0.3, 0.4) is 0 Å². The normalized spacial score (nSPS) is 17.8. The van der Waals surface area contributed by atoms with Crippen LogP contribution >= 0.6 is 0 Å². The zero-order valence-electron chi connectivity index (χ0n) is 18.0. The lowest BCUT2D eigenvalue weighted by Gasteiger charge is -2.17. The van der Waals surface area contributed by atoms with Gasteiger partial charge in [0.25, 0.3) is 11.8 Å². The highest BCUT2D eigenvalue weighted by molar-refractivity contribution is 6.21. The maximum atomic E-state index is 12.4. The first kappa shape index (κ1) is 22.3. The Balaban J connectivity index is 1.27. The van der Waals surface area contributed by atoms with Gasteiger partial charge in [0, 0.05) is 26.7 Å². The summed E-state index contributed by atoms with van der Waals surface area (Å²) in [5.41, 5.74) is 1.02. The van der Waals surface area contributed by atoms with Gasteiger partial charge in [0.2, 0.25) is 0 Å². The van der Waals surface area contributed by atoms with Crippen LogP contribution in [-0.4, -0.2) is 62.1 Å². The molecule has 0 bridgehead atoms. The van der Waals surface area contributed by atoms with Crippen molar-refractivity contribution in [2.75, 3.05) is 33.3 Å². The lowest BCUT2D eigenvalue weighted by molar-refractivity contribution is 0.0468. The summed E-state index contributed by atoms with van der Waals surface area (Å²) >= 11 is 0. The van der Waals surface area contributed by atoms with E-state index in [1.807, 2.05) is 0 Å². The molecule has 0 saturated heterocycles. The second-order valence-electron chi connectivity index (χ2n) is 7.92. The Kier molecular flexibility index (Phi) is 8.68. The van der Waals surface area contributed by atoms with E-state index in [1.54, 1.807) is 31.3 Å². The molecule has 1 aliphatic heterocycles. The van der Waals surface area contributed by atoms with Gasteiger partial charge in [-0.25, -0.2) is 0 Å². The number of hydrogen-bond acceptors (Lipinski definition) is 4. The molecule has 164 valence electrons. The first-order valence-electron chi connectivity index (χ1n) is 11.2. The van der Waals surface area contributed by atoms with E-state index < -0.39 is 0 Å². The van der Waals surface area contributed by atoms with Gasteiger partial charge in [-0.1, -0.05) is 37.8 Å². The molecule has 7 nitrogen and oxygen atoms in total. The average Bonchev–Trinajstić information content (AvgIpc) is 2.94. The van der Waals surface area contributed by atoms with E-state index in [-0.39, 0.29) is 11.8 Å². The fraction of sp³-hybridized carbons (Fsp3) is 0.609. The quantitative estimate of drug-likeness (QED) is 0.213. The molecule has 7 heteroatoms. The standard InChI is InChI=1S/C23H34N4O3/c1-24-23(26-15-17-30-18-10-4-2-3-5-11-18)25-14-8-9-16-27-21(28)19-12-6-7-13-20(19)22(27)29/h6-7,12-13,18H,2-5,8-11,14-17H2,1H3,(H2,24,25,26). The Hall–Kier alpha value is -2.41. The number of amides is 2. The fourth-order valence-corrected chi connectivity index (χ4v) is 4.07. The van der Waals surface area contributed by atoms with Crippen LogP contribution in [-0.2, 0) is 4.74 Å². The Morgan fingerprint density at radius 1 is 1.00 bits per heavy atom. The van der Waals surface area contributed by atoms with Crippen LogP contribution in [0, 0.1) is 0 Å². The third-order valence-electron chi connectivity index (χ3n) is 5.75. The summed E-state index contributed by atoms with van der Waals surface area (Å²) in [5.74, 6) is 0.379. The number of nitrogens with zero attached hydrogens (tertiary/aromatic N) is 2. The smallest absolute Gasteiger partial charge is 0.261 e. The Morgan fingerprint density at radius 2 is 1.63 bits per heavy atom. The maximum absolute atomic E-state index is 12.4. The molecule has 1 heterocycles. The minimum Gasteiger partial charge on any atom is -0.376 e. The van der Waals surface area contributed by atoms with Crippen molar-refractivity contribution in [3.05, 3.63) is 35.4 Å². The number of guanidine groups is 1. The third kappa shape index (κ3) is 6.05. The van der Waals surface area contributed by atoms with Gasteiger partial charge in [0.1, 0.15) is 0 Å². The number of ether oxygens (including phenoxy) is 1. The van der Waals surface area contributed by atoms with E-state index in [0.29, 0.717) is 30.4 Å². The lowest BCUT2D eigenvalue weighted by atomic mass is 10.1. The number of unbranched alkanes of at least 4 members (excludes halogenated alkanes) is 1. The Morgan fingerprint density at radius 3 is 2.27 bits per heavy atom. The van der Waals surface area contributed by atoms with Gasteiger partial charge >= 0.3 is 0 Å². The molecule has 0 spiro atoms. The molecule has 0 atom stereocenters. The van der Waals surface area contributed by atoms with E-state index in [0.717, 1.165) is 31.9 Å². The number of benzene rings is 1. The minimum absolute atomic E-state index is 0.185. The molecule has 1 aliphatic carbocycles. The van der Waals surface area contributed by atoms with E-state index in [2.05, 4.69) is 15.6 Å². The average molecular weight is 415 g/mol. The van der Waals surface area contributed by atoms with Crippen LogP contribution in [0.25, 0.3) is 0 Å². The van der Waals surface area contributed by atoms with Crippen molar-refractivity contribution in [1.29, 1.82) is 0 Å². The first-order valence-corrected chi connectivity index (χ1v) is 11.2. The molecule has 1 aromatic carbocycles. The summed E-state index contributed by atoms with van der Waals surface area (Å²) in [6, 6.07) is 7.01. The number of fused-ring (bicyclic) bond motifs is 1. The Labute approximate surface area is 179 Å². The SMILES string of the molecule is CN=C(NCCCCN1C(=O)c2ccccc2C1=O)NCCOC1CCCCCC1. The molecule has 1 saturated carbocycles. The highest BCUT2D eigenvalue weighted by atomic mass is 16.5. The first-order chi connectivity index (χ1) is 14.7. The van der Waals surface area contributed by atoms with Crippen molar-refractivity contribution >= 4 is 17.8 Å². The van der Waals surface area contributed by atoms with E-state index >= 15 is 0 Å². The van der Waals surface area contributed by atoms with Crippen LogP contribution in [0.5, 0.6) is 0 Å². The van der Waals surface area contributed by atoms with Crippen LogP contribution < -0.4 is 10.6 Å². The van der Waals surface area contributed by atoms with Crippen molar-refractivity contribution in [1.82, 2.24) is 15.5 Å². The largest absolute Gasteiger partial charge is 0.376 e. The van der Waals surface area contributed by atoms with Crippen molar-refractivity contribution < 1.29 is 14.3 Å². The number of rotatable bonds is 9. The molecule has 0 aromatic heterocycles. The minimum atomic E-state index is -0.185. The summed E-state index contributed by atoms with van der Waals surface area (Å²) in [7, 11) is 1.75. The fourth-order valence-electron chi connectivity index (χ4n) is 4.07. The summed E-state index contributed by atoms with van der Waals surface area (Å²) < 4.78 is 5.99. The summed E-state index contributed by atoms with van der Waals surface area (Å²) in [6.07, 6.45) is 9.59. The zero-order valence-corrected chi connectivity index (χ0v) is 18.0. The topological polar surface area (TPSA) is 83.0 Å². The van der Waals surface area contributed by atoms with Crippen LogP contribution in [0.2, 0.25) is 0 Å². The lowest BCUT2D eigenvalue weighted by Crippen LogP contribution is -2.40. The predicted molar refractivity (Wildman–Crippen MR) is 118 cm³/mol. The molecule has 2 amide bonds. The van der Waals surface area contributed by atoms with Gasteiger partial charge in [0.15, 0.2) is 5.96 Å².